The molecule has 23 heavy (non-hydrogen) atoms. The van der Waals surface area contributed by atoms with Crippen LogP contribution in [0.5, 0.6) is 0 Å². The molecule has 0 N–H and O–H groups in total. The lowest BCUT2D eigenvalue weighted by molar-refractivity contribution is -0.115. The van der Waals surface area contributed by atoms with Crippen LogP contribution in [0.15, 0.2) is 37.0 Å². The molecule has 2 heteroatoms. The van der Waals surface area contributed by atoms with Crippen LogP contribution in [-0.4, -0.2) is 5.92 Å². The molecular weight excluding hydrogens is 290 g/mol. The first-order chi connectivity index (χ1) is 11.0. The van der Waals surface area contributed by atoms with E-state index in [4.69, 9.17) is 0 Å². The second kappa shape index (κ2) is 7.77. The number of hydrogen-bond acceptors (Lipinski definition) is 0. The third-order valence-electron chi connectivity index (χ3n) is 6.10. The van der Waals surface area contributed by atoms with E-state index in [1.807, 2.05) is 0 Å². The van der Waals surface area contributed by atoms with Crippen molar-refractivity contribution in [3.8, 4) is 0 Å². The van der Waals surface area contributed by atoms with E-state index >= 15 is 0 Å². The summed E-state index contributed by atoms with van der Waals surface area (Å²) in [4.78, 5) is 0. The summed E-state index contributed by atoms with van der Waals surface area (Å²) < 4.78 is 29.9. The summed E-state index contributed by atoms with van der Waals surface area (Å²) in [6.07, 6.45) is 19.6. The topological polar surface area (TPSA) is 0 Å². The summed E-state index contributed by atoms with van der Waals surface area (Å²) in [6.45, 7) is 6.07. The predicted octanol–water partition coefficient (Wildman–Crippen LogP) is 7.23. The minimum atomic E-state index is -2.83. The third kappa shape index (κ3) is 3.46. The highest BCUT2D eigenvalue weighted by Gasteiger charge is 2.60. The Labute approximate surface area is 140 Å². The number of unbranched alkanes of at least 4 members (excludes halogenated alkanes) is 4. The van der Waals surface area contributed by atoms with Crippen molar-refractivity contribution in [1.29, 1.82) is 0 Å². The van der Waals surface area contributed by atoms with E-state index in [1.165, 1.54) is 31.8 Å². The summed E-state index contributed by atoms with van der Waals surface area (Å²) >= 11 is 0. The molecule has 0 radical (unpaired) electrons. The van der Waals surface area contributed by atoms with Gasteiger partial charge in [0.15, 0.2) is 0 Å². The van der Waals surface area contributed by atoms with E-state index in [2.05, 4.69) is 13.5 Å². The SMILES string of the molecule is C=CC1(C2(CCCCCCC)CCCCC2)C=CC=CC1(F)F. The Kier molecular flexibility index (Phi) is 6.22. The molecule has 1 unspecified atom stereocenters. The Balaban J connectivity index is 2.23. The minimum absolute atomic E-state index is 0.329. The first kappa shape index (κ1) is 18.4. The predicted molar refractivity (Wildman–Crippen MR) is 94.8 cm³/mol. The molecule has 0 aromatic rings. The maximum Gasteiger partial charge on any atom is 0.279 e. The van der Waals surface area contributed by atoms with Gasteiger partial charge in [-0.25, -0.2) is 8.78 Å². The number of rotatable bonds is 8. The first-order valence-electron chi connectivity index (χ1n) is 9.42. The average Bonchev–Trinajstić information content (AvgIpc) is 2.55. The number of alkyl halides is 2. The normalized spacial score (nSPS) is 28.7. The summed E-state index contributed by atoms with van der Waals surface area (Å²) in [5.74, 6) is -2.83. The molecule has 2 rings (SSSR count). The molecule has 1 saturated carbocycles. The standard InChI is InChI=1S/C21H32F2/c1-3-5-6-7-9-14-19(15-10-8-11-16-19)20(4-2)17-12-13-18-21(20,22)23/h4,12-13,17-18H,2-3,5-11,14-16H2,1H3. The van der Waals surface area contributed by atoms with Crippen molar-refractivity contribution in [3.63, 3.8) is 0 Å². The Morgan fingerprint density at radius 3 is 2.22 bits per heavy atom. The van der Waals surface area contributed by atoms with Crippen molar-refractivity contribution in [2.45, 2.75) is 83.5 Å². The van der Waals surface area contributed by atoms with Crippen molar-refractivity contribution in [2.75, 3.05) is 0 Å². The molecule has 0 aliphatic heterocycles. The molecule has 0 aromatic carbocycles. The Hall–Kier alpha value is -0.920. The maximum absolute atomic E-state index is 15.0. The quantitative estimate of drug-likeness (QED) is 0.326. The van der Waals surface area contributed by atoms with Gasteiger partial charge in [0.25, 0.3) is 5.92 Å². The van der Waals surface area contributed by atoms with E-state index in [1.54, 1.807) is 18.2 Å². The van der Waals surface area contributed by atoms with Gasteiger partial charge in [-0.3, -0.25) is 0 Å². The van der Waals surface area contributed by atoms with Crippen LogP contribution in [0, 0.1) is 10.8 Å². The number of halogens is 2. The van der Waals surface area contributed by atoms with E-state index in [0.717, 1.165) is 51.0 Å². The van der Waals surface area contributed by atoms with Crippen molar-refractivity contribution < 1.29 is 8.78 Å². The lowest BCUT2D eigenvalue weighted by atomic mass is 9.52. The fourth-order valence-corrected chi connectivity index (χ4v) is 4.75. The van der Waals surface area contributed by atoms with Crippen molar-refractivity contribution >= 4 is 0 Å². The lowest BCUT2D eigenvalue weighted by Crippen LogP contribution is -2.52. The molecule has 1 fully saturated rings. The first-order valence-corrected chi connectivity index (χ1v) is 9.42. The van der Waals surface area contributed by atoms with Crippen LogP contribution in [-0.2, 0) is 0 Å². The van der Waals surface area contributed by atoms with Crippen LogP contribution in [0.25, 0.3) is 0 Å². The van der Waals surface area contributed by atoms with E-state index in [9.17, 15) is 8.78 Å². The van der Waals surface area contributed by atoms with Crippen LogP contribution in [0.3, 0.4) is 0 Å². The minimum Gasteiger partial charge on any atom is -0.201 e. The van der Waals surface area contributed by atoms with Crippen LogP contribution in [0.1, 0.15) is 77.6 Å². The van der Waals surface area contributed by atoms with Gasteiger partial charge in [0.05, 0.1) is 5.41 Å². The molecule has 1 atom stereocenters. The maximum atomic E-state index is 15.0. The monoisotopic (exact) mass is 322 g/mol. The van der Waals surface area contributed by atoms with Crippen molar-refractivity contribution in [1.82, 2.24) is 0 Å². The molecule has 0 saturated heterocycles. The largest absolute Gasteiger partial charge is 0.279 e. The lowest BCUT2D eigenvalue weighted by Gasteiger charge is -2.53. The van der Waals surface area contributed by atoms with E-state index < -0.39 is 11.3 Å². The fourth-order valence-electron chi connectivity index (χ4n) is 4.75. The highest BCUT2D eigenvalue weighted by atomic mass is 19.3. The van der Waals surface area contributed by atoms with Gasteiger partial charge in [-0.15, -0.1) is 6.58 Å². The number of allylic oxidation sites excluding steroid dienone is 5. The van der Waals surface area contributed by atoms with Gasteiger partial charge in [0.1, 0.15) is 0 Å². The molecule has 0 nitrogen and oxygen atoms in total. The van der Waals surface area contributed by atoms with Gasteiger partial charge in [-0.05, 0) is 30.8 Å². The zero-order valence-electron chi connectivity index (χ0n) is 14.6. The highest BCUT2D eigenvalue weighted by Crippen LogP contribution is 2.62. The van der Waals surface area contributed by atoms with Gasteiger partial charge in [-0.2, -0.15) is 0 Å². The van der Waals surface area contributed by atoms with Gasteiger partial charge in [-0.1, -0.05) is 82.6 Å². The molecule has 0 bridgehead atoms. The summed E-state index contributed by atoms with van der Waals surface area (Å²) in [7, 11) is 0. The van der Waals surface area contributed by atoms with Crippen LogP contribution in [0.2, 0.25) is 0 Å². The van der Waals surface area contributed by atoms with Gasteiger partial charge in [0, 0.05) is 0 Å². The second-order valence-electron chi connectivity index (χ2n) is 7.42. The molecule has 2 aliphatic rings. The smallest absolute Gasteiger partial charge is 0.201 e. The molecule has 0 aromatic heterocycles. The van der Waals surface area contributed by atoms with Gasteiger partial charge >= 0.3 is 0 Å². The van der Waals surface area contributed by atoms with Gasteiger partial charge < -0.3 is 0 Å². The van der Waals surface area contributed by atoms with Crippen LogP contribution >= 0.6 is 0 Å². The van der Waals surface area contributed by atoms with Crippen LogP contribution in [0.4, 0.5) is 8.78 Å². The van der Waals surface area contributed by atoms with E-state index in [0.29, 0.717) is 0 Å². The van der Waals surface area contributed by atoms with Crippen molar-refractivity contribution in [2.24, 2.45) is 10.8 Å². The fraction of sp³-hybridized carbons (Fsp3) is 0.714. The highest BCUT2D eigenvalue weighted by molar-refractivity contribution is 5.33. The zero-order chi connectivity index (χ0) is 16.8. The summed E-state index contributed by atoms with van der Waals surface area (Å²) in [6, 6.07) is 0. The molecule has 0 amide bonds. The Morgan fingerprint density at radius 1 is 0.957 bits per heavy atom. The van der Waals surface area contributed by atoms with Crippen LogP contribution < -0.4 is 0 Å². The number of hydrogen-bond donors (Lipinski definition) is 0. The summed E-state index contributed by atoms with van der Waals surface area (Å²) in [5.41, 5.74) is -1.54. The average molecular weight is 322 g/mol. The zero-order valence-corrected chi connectivity index (χ0v) is 14.6. The van der Waals surface area contributed by atoms with Gasteiger partial charge in [0.2, 0.25) is 0 Å². The third-order valence-corrected chi connectivity index (χ3v) is 6.10. The molecule has 0 heterocycles. The summed E-state index contributed by atoms with van der Waals surface area (Å²) in [5, 5.41) is 0. The van der Waals surface area contributed by atoms with E-state index in [-0.39, 0.29) is 5.41 Å². The molecular formula is C21H32F2. The van der Waals surface area contributed by atoms with Crippen molar-refractivity contribution in [3.05, 3.63) is 37.0 Å². The molecule has 2 aliphatic carbocycles. The molecule has 0 spiro atoms. The Bertz CT molecular complexity index is 441. The Morgan fingerprint density at radius 2 is 1.61 bits per heavy atom. The molecule has 130 valence electrons. The second-order valence-corrected chi connectivity index (χ2v) is 7.42.